The molecule has 1 saturated heterocycles. The summed E-state index contributed by atoms with van der Waals surface area (Å²) in [4.78, 5) is 29.8. The minimum absolute atomic E-state index is 0.157. The number of rotatable bonds is 5. The number of hydrogen-bond acceptors (Lipinski definition) is 5. The van der Waals surface area contributed by atoms with Gasteiger partial charge in [-0.15, -0.1) is 0 Å². The zero-order valence-electron chi connectivity index (χ0n) is 17.3. The number of anilines is 2. The number of carbonyl (C=O) groups is 2. The summed E-state index contributed by atoms with van der Waals surface area (Å²) in [5, 5.41) is 1.69. The molecule has 1 N–H and O–H groups in total. The molecule has 6 nitrogen and oxygen atoms in total. The Bertz CT molecular complexity index is 1040. The van der Waals surface area contributed by atoms with Crippen LogP contribution in [0, 0.1) is 5.92 Å². The summed E-state index contributed by atoms with van der Waals surface area (Å²) >= 11 is 5.53. The number of aromatic nitrogens is 1. The van der Waals surface area contributed by atoms with Gasteiger partial charge in [0.05, 0.1) is 22.1 Å². The molecular formula is C21H18ClF6N3O3. The van der Waals surface area contributed by atoms with Crippen molar-refractivity contribution >= 4 is 35.0 Å². The number of hydrogen-bond donors (Lipinski definition) is 1. The van der Waals surface area contributed by atoms with E-state index in [0.29, 0.717) is 37.8 Å². The summed E-state index contributed by atoms with van der Waals surface area (Å²) in [6, 6.07) is 5.03. The van der Waals surface area contributed by atoms with Crippen LogP contribution in [0.25, 0.3) is 0 Å². The quantitative estimate of drug-likeness (QED) is 0.445. The fourth-order valence-corrected chi connectivity index (χ4v) is 3.58. The van der Waals surface area contributed by atoms with E-state index in [1.807, 2.05) is 0 Å². The highest BCUT2D eigenvalue weighted by molar-refractivity contribution is 6.31. The van der Waals surface area contributed by atoms with Crippen LogP contribution in [0.3, 0.4) is 0 Å². The number of nitrogens with zero attached hydrogens (tertiary/aromatic N) is 2. The molecule has 3 rings (SSSR count). The molecule has 0 aliphatic carbocycles. The number of alkyl halides is 6. The third-order valence-corrected chi connectivity index (χ3v) is 5.46. The Morgan fingerprint density at radius 3 is 2.29 bits per heavy atom. The summed E-state index contributed by atoms with van der Waals surface area (Å²) in [6.45, 7) is -0.00583. The maximum Gasteiger partial charge on any atom is 0.417 e. The summed E-state index contributed by atoms with van der Waals surface area (Å²) in [5.74, 6) is -1.66. The molecule has 13 heteroatoms. The van der Waals surface area contributed by atoms with Gasteiger partial charge in [0, 0.05) is 25.0 Å². The highest BCUT2D eigenvalue weighted by Crippen LogP contribution is 2.36. The van der Waals surface area contributed by atoms with Crippen molar-refractivity contribution in [3.63, 3.8) is 0 Å². The van der Waals surface area contributed by atoms with Crippen LogP contribution >= 0.6 is 11.6 Å². The molecule has 0 unspecified atom stereocenters. The number of benzene rings is 1. The first-order valence-corrected chi connectivity index (χ1v) is 10.3. The topological polar surface area (TPSA) is 71.5 Å². The van der Waals surface area contributed by atoms with Crippen molar-refractivity contribution in [2.45, 2.75) is 25.2 Å². The van der Waals surface area contributed by atoms with Crippen LogP contribution in [-0.2, 0) is 26.7 Å². The van der Waals surface area contributed by atoms with E-state index in [0.717, 1.165) is 18.3 Å². The second-order valence-electron chi connectivity index (χ2n) is 7.51. The lowest BCUT2D eigenvalue weighted by Gasteiger charge is -2.31. The Morgan fingerprint density at radius 1 is 1.06 bits per heavy atom. The van der Waals surface area contributed by atoms with Gasteiger partial charge in [0.25, 0.3) is 5.91 Å². The molecule has 1 aliphatic rings. The smallest absolute Gasteiger partial charge is 0.417 e. The summed E-state index contributed by atoms with van der Waals surface area (Å²) in [5.41, 5.74) is -2.13. The van der Waals surface area contributed by atoms with Gasteiger partial charge in [-0.3, -0.25) is 9.59 Å². The molecular weight excluding hydrogens is 492 g/mol. The fourth-order valence-electron chi connectivity index (χ4n) is 3.36. The van der Waals surface area contributed by atoms with Gasteiger partial charge in [-0.25, -0.2) is 4.98 Å². The second kappa shape index (κ2) is 10.1. The van der Waals surface area contributed by atoms with Gasteiger partial charge in [0.1, 0.15) is 5.82 Å². The zero-order chi connectivity index (χ0) is 25.1. The van der Waals surface area contributed by atoms with Crippen LogP contribution in [0.5, 0.6) is 0 Å². The first-order chi connectivity index (χ1) is 15.8. The van der Waals surface area contributed by atoms with Crippen LogP contribution in [0.15, 0.2) is 36.5 Å². The molecule has 2 aromatic rings. The lowest BCUT2D eigenvalue weighted by atomic mass is 9.97. The zero-order valence-corrected chi connectivity index (χ0v) is 18.1. The van der Waals surface area contributed by atoms with E-state index in [1.54, 1.807) is 4.90 Å². The molecule has 1 fully saturated rings. The van der Waals surface area contributed by atoms with E-state index in [1.165, 1.54) is 12.1 Å². The molecule has 0 radical (unpaired) electrons. The van der Waals surface area contributed by atoms with Crippen LogP contribution in [0.4, 0.5) is 37.8 Å². The first kappa shape index (κ1) is 25.6. The van der Waals surface area contributed by atoms with E-state index >= 15 is 0 Å². The van der Waals surface area contributed by atoms with E-state index in [2.05, 4.69) is 10.3 Å². The summed E-state index contributed by atoms with van der Waals surface area (Å²) in [6.07, 6.45) is -7.78. The van der Waals surface area contributed by atoms with Gasteiger partial charge in [-0.1, -0.05) is 11.6 Å². The third kappa shape index (κ3) is 6.52. The Hall–Kier alpha value is -3.02. The van der Waals surface area contributed by atoms with Crippen LogP contribution < -0.4 is 10.2 Å². The SMILES string of the molecule is O=C(COC(=O)C1CCN(c2ccc(C(F)(F)F)cn2)CC1)Nc1ccc(Cl)c(C(F)(F)F)c1. The number of piperidine rings is 1. The lowest BCUT2D eigenvalue weighted by Crippen LogP contribution is -2.38. The Kier molecular flexibility index (Phi) is 7.59. The van der Waals surface area contributed by atoms with Crippen molar-refractivity contribution < 1.29 is 40.7 Å². The first-order valence-electron chi connectivity index (χ1n) is 9.96. The van der Waals surface area contributed by atoms with Gasteiger partial charge < -0.3 is 15.0 Å². The van der Waals surface area contributed by atoms with E-state index in [-0.39, 0.29) is 5.69 Å². The Labute approximate surface area is 194 Å². The predicted molar refractivity (Wildman–Crippen MR) is 110 cm³/mol. The maximum absolute atomic E-state index is 12.9. The third-order valence-electron chi connectivity index (χ3n) is 5.13. The molecule has 0 atom stereocenters. The number of amides is 1. The van der Waals surface area contributed by atoms with Crippen molar-refractivity contribution in [3.8, 4) is 0 Å². The highest BCUT2D eigenvalue weighted by Gasteiger charge is 2.34. The Balaban J connectivity index is 1.47. The number of nitrogens with one attached hydrogen (secondary N) is 1. The van der Waals surface area contributed by atoms with Gasteiger partial charge in [-0.2, -0.15) is 26.3 Å². The molecule has 1 amide bonds. The number of carbonyl (C=O) groups excluding carboxylic acids is 2. The number of esters is 1. The summed E-state index contributed by atoms with van der Waals surface area (Å²) < 4.78 is 81.6. The van der Waals surface area contributed by atoms with Crippen molar-refractivity contribution in [2.24, 2.45) is 5.92 Å². The molecule has 1 aliphatic heterocycles. The summed E-state index contributed by atoms with van der Waals surface area (Å²) in [7, 11) is 0. The predicted octanol–water partition coefficient (Wildman–Crippen LogP) is 5.17. The number of pyridine rings is 1. The number of halogens is 7. The lowest BCUT2D eigenvalue weighted by molar-refractivity contribution is -0.152. The van der Waals surface area contributed by atoms with Crippen LogP contribution in [0.1, 0.15) is 24.0 Å². The standard InChI is InChI=1S/C21H18ClF6N3O3/c22-16-3-2-14(9-15(16)21(26,27)28)30-18(32)11-34-19(33)12-5-7-31(8-6-12)17-4-1-13(10-29-17)20(23,24)25/h1-4,9-10,12H,5-8,11H2,(H,30,32). The Morgan fingerprint density at radius 2 is 1.74 bits per heavy atom. The monoisotopic (exact) mass is 509 g/mol. The van der Waals surface area contributed by atoms with Crippen molar-refractivity contribution in [1.29, 1.82) is 0 Å². The van der Waals surface area contributed by atoms with Gasteiger partial charge in [0.2, 0.25) is 0 Å². The minimum atomic E-state index is -4.70. The average Bonchev–Trinajstić information content (AvgIpc) is 2.77. The molecule has 0 saturated carbocycles. The van der Waals surface area contributed by atoms with E-state index in [9.17, 15) is 35.9 Å². The van der Waals surface area contributed by atoms with Gasteiger partial charge >= 0.3 is 18.3 Å². The minimum Gasteiger partial charge on any atom is -0.455 e. The van der Waals surface area contributed by atoms with E-state index < -0.39 is 52.9 Å². The maximum atomic E-state index is 12.9. The van der Waals surface area contributed by atoms with Crippen molar-refractivity contribution in [2.75, 3.05) is 29.9 Å². The van der Waals surface area contributed by atoms with Gasteiger partial charge in [-0.05, 0) is 43.2 Å². The van der Waals surface area contributed by atoms with E-state index in [4.69, 9.17) is 16.3 Å². The molecule has 1 aromatic carbocycles. The van der Waals surface area contributed by atoms with Crippen molar-refractivity contribution in [1.82, 2.24) is 4.98 Å². The molecule has 1 aromatic heterocycles. The number of ether oxygens (including phenoxy) is 1. The molecule has 0 bridgehead atoms. The average molecular weight is 510 g/mol. The largest absolute Gasteiger partial charge is 0.455 e. The van der Waals surface area contributed by atoms with Crippen LogP contribution in [0.2, 0.25) is 5.02 Å². The highest BCUT2D eigenvalue weighted by atomic mass is 35.5. The van der Waals surface area contributed by atoms with Crippen molar-refractivity contribution in [3.05, 3.63) is 52.7 Å². The molecule has 2 heterocycles. The normalized spacial score (nSPS) is 15.2. The molecule has 0 spiro atoms. The fraction of sp³-hybridized carbons (Fsp3) is 0.381. The molecule has 34 heavy (non-hydrogen) atoms. The van der Waals surface area contributed by atoms with Crippen LogP contribution in [-0.4, -0.2) is 36.6 Å². The van der Waals surface area contributed by atoms with Gasteiger partial charge in [0.15, 0.2) is 6.61 Å². The second-order valence-corrected chi connectivity index (χ2v) is 7.92. The molecule has 184 valence electrons.